The van der Waals surface area contributed by atoms with Crippen LogP contribution in [-0.4, -0.2) is 48.8 Å². The summed E-state index contributed by atoms with van der Waals surface area (Å²) in [6.45, 7) is 1.80. The first-order valence-electron chi connectivity index (χ1n) is 5.88. The Labute approximate surface area is 99.7 Å². The monoisotopic (exact) mass is 239 g/mol. The van der Waals surface area contributed by atoms with Gasteiger partial charge in [-0.05, 0) is 25.4 Å². The smallest absolute Gasteiger partial charge is 0.252 e. The molecule has 6 heteroatoms. The van der Waals surface area contributed by atoms with Crippen LogP contribution >= 0.6 is 0 Å². The first-order valence-corrected chi connectivity index (χ1v) is 5.88. The minimum atomic E-state index is -0.658. The van der Waals surface area contributed by atoms with Crippen molar-refractivity contribution in [1.82, 2.24) is 15.5 Å². The van der Waals surface area contributed by atoms with E-state index in [0.717, 1.165) is 24.4 Å². The number of likely N-dealkylation sites (tertiary alicyclic amines) is 1. The van der Waals surface area contributed by atoms with Gasteiger partial charge in [0, 0.05) is 13.5 Å². The normalized spacial score (nSPS) is 28.9. The average molecular weight is 239 g/mol. The summed E-state index contributed by atoms with van der Waals surface area (Å²) in [4.78, 5) is 35.6. The summed E-state index contributed by atoms with van der Waals surface area (Å²) in [6.07, 6.45) is 1.50. The maximum absolute atomic E-state index is 11.7. The molecule has 6 nitrogen and oxygen atoms in total. The molecule has 0 radical (unpaired) electrons. The van der Waals surface area contributed by atoms with Crippen LogP contribution in [0.3, 0.4) is 0 Å². The number of rotatable bonds is 3. The van der Waals surface area contributed by atoms with Crippen molar-refractivity contribution >= 4 is 17.7 Å². The van der Waals surface area contributed by atoms with Gasteiger partial charge in [0.1, 0.15) is 6.04 Å². The second kappa shape index (κ2) is 4.83. The van der Waals surface area contributed by atoms with Crippen molar-refractivity contribution in [3.63, 3.8) is 0 Å². The molecule has 2 aliphatic rings. The molecule has 0 spiro atoms. The fraction of sp³-hybridized carbons (Fsp3) is 0.727. The van der Waals surface area contributed by atoms with Crippen LogP contribution < -0.4 is 10.6 Å². The fourth-order valence-electron chi connectivity index (χ4n) is 2.27. The Morgan fingerprint density at radius 2 is 2.29 bits per heavy atom. The molecular formula is C11H17N3O3. The highest BCUT2D eigenvalue weighted by atomic mass is 16.2. The predicted molar refractivity (Wildman–Crippen MR) is 59.9 cm³/mol. The van der Waals surface area contributed by atoms with Crippen LogP contribution in [0.4, 0.5) is 0 Å². The summed E-state index contributed by atoms with van der Waals surface area (Å²) in [5.41, 5.74) is 0. The molecule has 0 aromatic rings. The van der Waals surface area contributed by atoms with Crippen molar-refractivity contribution in [3.8, 4) is 0 Å². The Kier molecular flexibility index (Phi) is 3.42. The van der Waals surface area contributed by atoms with Crippen LogP contribution in [0.25, 0.3) is 0 Å². The number of amides is 3. The Morgan fingerprint density at radius 3 is 2.82 bits per heavy atom. The van der Waals surface area contributed by atoms with E-state index in [0.29, 0.717) is 12.3 Å². The number of hydrogen-bond donors (Lipinski definition) is 2. The number of imide groups is 1. The highest BCUT2D eigenvalue weighted by Gasteiger charge is 2.37. The highest BCUT2D eigenvalue weighted by molar-refractivity contribution is 6.06. The van der Waals surface area contributed by atoms with Crippen molar-refractivity contribution in [1.29, 1.82) is 0 Å². The van der Waals surface area contributed by atoms with E-state index in [1.807, 2.05) is 0 Å². The minimum Gasteiger partial charge on any atom is -0.344 e. The van der Waals surface area contributed by atoms with Crippen molar-refractivity contribution in [2.45, 2.75) is 25.3 Å². The number of carbonyl (C=O) groups excluding carboxylic acids is 3. The molecule has 2 saturated heterocycles. The van der Waals surface area contributed by atoms with E-state index < -0.39 is 6.04 Å². The third kappa shape index (κ3) is 2.63. The van der Waals surface area contributed by atoms with Gasteiger partial charge in [0.15, 0.2) is 0 Å². The van der Waals surface area contributed by atoms with Crippen LogP contribution in [0.2, 0.25) is 0 Å². The highest BCUT2D eigenvalue weighted by Crippen LogP contribution is 2.14. The van der Waals surface area contributed by atoms with Crippen LogP contribution in [0.1, 0.15) is 19.3 Å². The van der Waals surface area contributed by atoms with Crippen LogP contribution in [0.15, 0.2) is 0 Å². The fourth-order valence-corrected chi connectivity index (χ4v) is 2.27. The SMILES string of the molecule is CN1C(=O)CC(NC(=O)CC2CCNC2)C1=O. The Balaban J connectivity index is 1.82. The molecule has 0 aromatic carbocycles. The van der Waals surface area contributed by atoms with Crippen molar-refractivity contribution in [2.24, 2.45) is 5.92 Å². The lowest BCUT2D eigenvalue weighted by atomic mass is 10.0. The second-order valence-corrected chi connectivity index (χ2v) is 4.68. The number of carbonyl (C=O) groups is 3. The molecule has 2 aliphatic heterocycles. The molecule has 3 amide bonds. The average Bonchev–Trinajstić information content (AvgIpc) is 2.85. The maximum Gasteiger partial charge on any atom is 0.252 e. The molecule has 17 heavy (non-hydrogen) atoms. The van der Waals surface area contributed by atoms with Crippen LogP contribution in [0, 0.1) is 5.92 Å². The molecule has 2 unspecified atom stereocenters. The van der Waals surface area contributed by atoms with Crippen LogP contribution in [0.5, 0.6) is 0 Å². The van der Waals surface area contributed by atoms with E-state index in [1.54, 1.807) is 0 Å². The zero-order valence-electron chi connectivity index (χ0n) is 9.86. The number of nitrogens with zero attached hydrogens (tertiary/aromatic N) is 1. The lowest BCUT2D eigenvalue weighted by molar-refractivity contribution is -0.138. The van der Waals surface area contributed by atoms with Gasteiger partial charge in [0.05, 0.1) is 6.42 Å². The van der Waals surface area contributed by atoms with E-state index >= 15 is 0 Å². The van der Waals surface area contributed by atoms with Gasteiger partial charge in [0.2, 0.25) is 11.8 Å². The minimum absolute atomic E-state index is 0.0873. The summed E-state index contributed by atoms with van der Waals surface area (Å²) >= 11 is 0. The molecular weight excluding hydrogens is 222 g/mol. The van der Waals surface area contributed by atoms with E-state index in [2.05, 4.69) is 10.6 Å². The molecule has 0 aromatic heterocycles. The third-order valence-corrected chi connectivity index (χ3v) is 3.35. The Morgan fingerprint density at radius 1 is 1.53 bits per heavy atom. The van der Waals surface area contributed by atoms with Gasteiger partial charge < -0.3 is 10.6 Å². The zero-order valence-corrected chi connectivity index (χ0v) is 9.86. The Bertz CT molecular complexity index is 350. The Hall–Kier alpha value is -1.43. The van der Waals surface area contributed by atoms with Gasteiger partial charge in [-0.3, -0.25) is 19.3 Å². The molecule has 2 N–H and O–H groups in total. The molecule has 2 fully saturated rings. The van der Waals surface area contributed by atoms with Gasteiger partial charge in [-0.1, -0.05) is 0 Å². The summed E-state index contributed by atoms with van der Waals surface area (Å²) in [5.74, 6) is -0.337. The zero-order chi connectivity index (χ0) is 12.4. The maximum atomic E-state index is 11.7. The lowest BCUT2D eigenvalue weighted by Gasteiger charge is -2.13. The molecule has 0 bridgehead atoms. The van der Waals surface area contributed by atoms with Crippen molar-refractivity contribution < 1.29 is 14.4 Å². The largest absolute Gasteiger partial charge is 0.344 e. The summed E-state index contributed by atoms with van der Waals surface area (Å²) in [6, 6.07) is -0.658. The van der Waals surface area contributed by atoms with Gasteiger partial charge in [0.25, 0.3) is 5.91 Å². The van der Waals surface area contributed by atoms with Gasteiger partial charge >= 0.3 is 0 Å². The van der Waals surface area contributed by atoms with Gasteiger partial charge in [-0.25, -0.2) is 0 Å². The topological polar surface area (TPSA) is 78.5 Å². The molecule has 2 rings (SSSR count). The predicted octanol–water partition coefficient (Wildman–Crippen LogP) is -1.14. The molecule has 2 heterocycles. The molecule has 2 atom stereocenters. The number of nitrogens with one attached hydrogen (secondary N) is 2. The van der Waals surface area contributed by atoms with E-state index in [4.69, 9.17) is 0 Å². The van der Waals surface area contributed by atoms with E-state index in [1.165, 1.54) is 7.05 Å². The summed E-state index contributed by atoms with van der Waals surface area (Å²) in [5, 5.41) is 5.82. The summed E-state index contributed by atoms with van der Waals surface area (Å²) in [7, 11) is 1.44. The van der Waals surface area contributed by atoms with Crippen molar-refractivity contribution in [3.05, 3.63) is 0 Å². The third-order valence-electron chi connectivity index (χ3n) is 3.35. The van der Waals surface area contributed by atoms with Crippen molar-refractivity contribution in [2.75, 3.05) is 20.1 Å². The quantitative estimate of drug-likeness (QED) is 0.610. The standard InChI is InChI=1S/C11H17N3O3/c1-14-10(16)5-8(11(14)17)13-9(15)4-7-2-3-12-6-7/h7-8,12H,2-6H2,1H3,(H,13,15). The second-order valence-electron chi connectivity index (χ2n) is 4.68. The number of hydrogen-bond acceptors (Lipinski definition) is 4. The van der Waals surface area contributed by atoms with Crippen LogP contribution in [-0.2, 0) is 14.4 Å². The van der Waals surface area contributed by atoms with Gasteiger partial charge in [-0.2, -0.15) is 0 Å². The first kappa shape index (κ1) is 12.0. The van der Waals surface area contributed by atoms with Gasteiger partial charge in [-0.15, -0.1) is 0 Å². The van der Waals surface area contributed by atoms with E-state index in [-0.39, 0.29) is 24.1 Å². The van der Waals surface area contributed by atoms with E-state index in [9.17, 15) is 14.4 Å². The number of likely N-dealkylation sites (N-methyl/N-ethyl adjacent to an activating group) is 1. The lowest BCUT2D eigenvalue weighted by Crippen LogP contribution is -2.41. The molecule has 0 aliphatic carbocycles. The molecule has 0 saturated carbocycles. The first-order chi connectivity index (χ1) is 8.08. The molecule has 94 valence electrons. The summed E-state index contributed by atoms with van der Waals surface area (Å²) < 4.78 is 0.